The largest absolute Gasteiger partial charge is 0.431 e. The summed E-state index contributed by atoms with van der Waals surface area (Å²) in [7, 11) is 0. The van der Waals surface area contributed by atoms with Gasteiger partial charge in [0.2, 0.25) is 6.36 Å². The van der Waals surface area contributed by atoms with Crippen LogP contribution in [0.1, 0.15) is 26.7 Å². The van der Waals surface area contributed by atoms with Crippen molar-refractivity contribution in [1.82, 2.24) is 0 Å². The van der Waals surface area contributed by atoms with E-state index in [1.165, 1.54) is 6.92 Å². The molecule has 0 bridgehead atoms. The number of hydrogen-bond acceptors (Lipinski definition) is 3. The maximum atomic E-state index is 11.9. The number of alkyl halides is 1. The lowest BCUT2D eigenvalue weighted by molar-refractivity contribution is -0.156. The second-order valence-corrected chi connectivity index (χ2v) is 2.23. The maximum Gasteiger partial charge on any atom is 0.308 e. The lowest BCUT2D eigenvalue weighted by atomic mass is 10.2. The van der Waals surface area contributed by atoms with Gasteiger partial charge in [-0.2, -0.15) is 0 Å². The maximum absolute atomic E-state index is 11.9. The van der Waals surface area contributed by atoms with Gasteiger partial charge in [0.05, 0.1) is 6.42 Å². The molecule has 0 aromatic rings. The van der Waals surface area contributed by atoms with Crippen molar-refractivity contribution in [2.75, 3.05) is 0 Å². The van der Waals surface area contributed by atoms with Crippen molar-refractivity contribution >= 4 is 11.8 Å². The molecule has 0 heterocycles. The molecule has 0 saturated carbocycles. The monoisotopic (exact) mass is 162 g/mol. The minimum Gasteiger partial charge on any atom is -0.431 e. The summed E-state index contributed by atoms with van der Waals surface area (Å²) in [6.45, 7) is 2.48. The first-order valence-corrected chi connectivity index (χ1v) is 3.35. The van der Waals surface area contributed by atoms with E-state index < -0.39 is 12.3 Å². The van der Waals surface area contributed by atoms with Gasteiger partial charge in [-0.25, -0.2) is 4.39 Å². The average Bonchev–Trinajstić information content (AvgIpc) is 1.82. The number of rotatable bonds is 4. The standard InChI is InChI=1S/C7H11FO3/c1-5(9)3-4-7(10)11-6(2)8/h6H,3-4H2,1-2H3. The average molecular weight is 162 g/mol. The van der Waals surface area contributed by atoms with Crippen LogP contribution in [-0.2, 0) is 14.3 Å². The molecule has 0 aliphatic heterocycles. The number of carbonyl (C=O) groups excluding carboxylic acids is 2. The topological polar surface area (TPSA) is 43.4 Å². The predicted octanol–water partition coefficient (Wildman–Crippen LogP) is 1.21. The van der Waals surface area contributed by atoms with Crippen molar-refractivity contribution < 1.29 is 18.7 Å². The van der Waals surface area contributed by atoms with E-state index in [1.54, 1.807) is 0 Å². The fraction of sp³-hybridized carbons (Fsp3) is 0.714. The summed E-state index contributed by atoms with van der Waals surface area (Å²) in [6.07, 6.45) is -1.51. The molecule has 0 saturated heterocycles. The predicted molar refractivity (Wildman–Crippen MR) is 36.6 cm³/mol. The molecule has 3 nitrogen and oxygen atoms in total. The minimum absolute atomic E-state index is 0.0381. The zero-order chi connectivity index (χ0) is 8.85. The van der Waals surface area contributed by atoms with Crippen molar-refractivity contribution in [3.63, 3.8) is 0 Å². The number of ether oxygens (including phenoxy) is 1. The summed E-state index contributed by atoms with van der Waals surface area (Å²) < 4.78 is 16.1. The number of Topliss-reactive ketones (excluding diaryl/α,β-unsaturated/α-hetero) is 1. The van der Waals surface area contributed by atoms with Gasteiger partial charge in [0.25, 0.3) is 0 Å². The highest BCUT2D eigenvalue weighted by Gasteiger charge is 2.07. The van der Waals surface area contributed by atoms with Crippen LogP contribution in [0.2, 0.25) is 0 Å². The van der Waals surface area contributed by atoms with Crippen LogP contribution in [0.5, 0.6) is 0 Å². The zero-order valence-electron chi connectivity index (χ0n) is 6.59. The molecule has 0 spiro atoms. The Balaban J connectivity index is 3.45. The van der Waals surface area contributed by atoms with Gasteiger partial charge in [-0.1, -0.05) is 0 Å². The highest BCUT2D eigenvalue weighted by molar-refractivity contribution is 5.80. The third kappa shape index (κ3) is 6.96. The number of ketones is 1. The van der Waals surface area contributed by atoms with E-state index in [2.05, 4.69) is 4.74 Å². The Kier molecular flexibility index (Phi) is 4.41. The molecule has 0 N–H and O–H groups in total. The molecule has 0 aliphatic carbocycles. The molecule has 0 aromatic heterocycles. The van der Waals surface area contributed by atoms with Crippen LogP contribution < -0.4 is 0 Å². The smallest absolute Gasteiger partial charge is 0.308 e. The van der Waals surface area contributed by atoms with Crippen molar-refractivity contribution in [3.8, 4) is 0 Å². The van der Waals surface area contributed by atoms with Crippen LogP contribution in [0.25, 0.3) is 0 Å². The highest BCUT2D eigenvalue weighted by Crippen LogP contribution is 1.98. The van der Waals surface area contributed by atoms with Gasteiger partial charge in [-0.15, -0.1) is 0 Å². The van der Waals surface area contributed by atoms with E-state index in [0.717, 1.165) is 6.92 Å². The molecular formula is C7H11FO3. The van der Waals surface area contributed by atoms with Crippen LogP contribution >= 0.6 is 0 Å². The van der Waals surface area contributed by atoms with Crippen LogP contribution in [-0.4, -0.2) is 18.1 Å². The Morgan fingerprint density at radius 1 is 1.45 bits per heavy atom. The molecule has 11 heavy (non-hydrogen) atoms. The van der Waals surface area contributed by atoms with E-state index in [4.69, 9.17) is 0 Å². The molecule has 0 rings (SSSR count). The molecule has 0 aliphatic rings. The number of carbonyl (C=O) groups is 2. The van der Waals surface area contributed by atoms with Gasteiger partial charge in [0, 0.05) is 13.3 Å². The molecular weight excluding hydrogens is 151 g/mol. The molecule has 4 heteroatoms. The van der Waals surface area contributed by atoms with Crippen molar-refractivity contribution in [1.29, 1.82) is 0 Å². The van der Waals surface area contributed by atoms with E-state index in [-0.39, 0.29) is 18.6 Å². The summed E-state index contributed by atoms with van der Waals surface area (Å²) in [5.74, 6) is -0.774. The van der Waals surface area contributed by atoms with E-state index in [9.17, 15) is 14.0 Å². The summed E-state index contributed by atoms with van der Waals surface area (Å²) in [4.78, 5) is 20.9. The molecule has 64 valence electrons. The van der Waals surface area contributed by atoms with Crippen LogP contribution in [0.3, 0.4) is 0 Å². The molecule has 0 amide bonds. The van der Waals surface area contributed by atoms with Gasteiger partial charge in [-0.05, 0) is 6.92 Å². The SMILES string of the molecule is CC(=O)CCC(=O)OC(C)F. The summed E-state index contributed by atoms with van der Waals surface area (Å²) >= 11 is 0. The number of hydrogen-bond donors (Lipinski definition) is 0. The number of halogens is 1. The molecule has 0 aromatic carbocycles. The Morgan fingerprint density at radius 3 is 2.36 bits per heavy atom. The van der Waals surface area contributed by atoms with Gasteiger partial charge >= 0.3 is 5.97 Å². The zero-order valence-corrected chi connectivity index (χ0v) is 6.59. The lowest BCUT2D eigenvalue weighted by Gasteiger charge is -2.02. The fourth-order valence-electron chi connectivity index (χ4n) is 0.518. The summed E-state index contributed by atoms with van der Waals surface area (Å²) in [6, 6.07) is 0. The molecule has 1 atom stereocenters. The van der Waals surface area contributed by atoms with Gasteiger partial charge in [-0.3, -0.25) is 4.79 Å². The van der Waals surface area contributed by atoms with Crippen LogP contribution in [0.4, 0.5) is 4.39 Å². The van der Waals surface area contributed by atoms with Crippen molar-refractivity contribution in [2.24, 2.45) is 0 Å². The van der Waals surface area contributed by atoms with E-state index in [0.29, 0.717) is 0 Å². The van der Waals surface area contributed by atoms with Crippen LogP contribution in [0.15, 0.2) is 0 Å². The van der Waals surface area contributed by atoms with Crippen molar-refractivity contribution in [3.05, 3.63) is 0 Å². The van der Waals surface area contributed by atoms with E-state index >= 15 is 0 Å². The molecule has 1 unspecified atom stereocenters. The minimum atomic E-state index is -1.59. The van der Waals surface area contributed by atoms with E-state index in [1.807, 2.05) is 0 Å². The Morgan fingerprint density at radius 2 is 2.00 bits per heavy atom. The Hall–Kier alpha value is -0.930. The Bertz CT molecular complexity index is 154. The van der Waals surface area contributed by atoms with Crippen LogP contribution in [0, 0.1) is 0 Å². The van der Waals surface area contributed by atoms with Crippen molar-refractivity contribution in [2.45, 2.75) is 33.0 Å². The number of esters is 1. The third-order valence-electron chi connectivity index (χ3n) is 0.975. The van der Waals surface area contributed by atoms with Gasteiger partial charge < -0.3 is 9.53 Å². The first kappa shape index (κ1) is 10.1. The quantitative estimate of drug-likeness (QED) is 0.583. The van der Waals surface area contributed by atoms with Gasteiger partial charge in [0.1, 0.15) is 5.78 Å². The second-order valence-electron chi connectivity index (χ2n) is 2.23. The molecule has 0 radical (unpaired) electrons. The lowest BCUT2D eigenvalue weighted by Crippen LogP contribution is -2.11. The molecule has 0 fully saturated rings. The summed E-state index contributed by atoms with van der Waals surface area (Å²) in [5, 5.41) is 0. The normalized spacial score (nSPS) is 12.3. The Labute approximate surface area is 64.5 Å². The summed E-state index contributed by atoms with van der Waals surface area (Å²) in [5.41, 5.74) is 0. The second kappa shape index (κ2) is 4.82. The third-order valence-corrected chi connectivity index (χ3v) is 0.975. The first-order chi connectivity index (χ1) is 5.02. The fourth-order valence-corrected chi connectivity index (χ4v) is 0.518. The first-order valence-electron chi connectivity index (χ1n) is 3.35. The van der Waals surface area contributed by atoms with Gasteiger partial charge in [0.15, 0.2) is 0 Å². The highest BCUT2D eigenvalue weighted by atomic mass is 19.1.